The Morgan fingerprint density at radius 3 is 2.91 bits per heavy atom. The van der Waals surface area contributed by atoms with E-state index in [-0.39, 0.29) is 0 Å². The van der Waals surface area contributed by atoms with Crippen LogP contribution in [0.25, 0.3) is 0 Å². The zero-order valence-electron chi connectivity index (χ0n) is 6.72. The average molecular weight is 150 g/mol. The molecular formula is C8H10N2O. The molecule has 2 rings (SSSR count). The van der Waals surface area contributed by atoms with Crippen LogP contribution in [0.5, 0.6) is 0 Å². The Morgan fingerprint density at radius 1 is 1.27 bits per heavy atom. The fourth-order valence-corrected chi connectivity index (χ4v) is 1.24. The summed E-state index contributed by atoms with van der Waals surface area (Å²) in [6.07, 6.45) is 1.99. The predicted molar refractivity (Wildman–Crippen MR) is 42.3 cm³/mol. The summed E-state index contributed by atoms with van der Waals surface area (Å²) in [5.41, 5.74) is 2.14. The number of nitrogens with zero attached hydrogens (tertiary/aromatic N) is 2. The van der Waals surface area contributed by atoms with Crippen molar-refractivity contribution in [2.45, 2.75) is 26.7 Å². The van der Waals surface area contributed by atoms with E-state index in [4.69, 9.17) is 4.42 Å². The van der Waals surface area contributed by atoms with Crippen molar-refractivity contribution in [3.05, 3.63) is 11.6 Å². The van der Waals surface area contributed by atoms with Gasteiger partial charge in [0.2, 0.25) is 5.88 Å². The normalized spacial score (nSPS) is 16.0. The Bertz CT molecular complexity index is 312. The highest BCUT2D eigenvalue weighted by Gasteiger charge is 2.14. The largest absolute Gasteiger partial charge is 0.423 e. The van der Waals surface area contributed by atoms with Crippen LogP contribution in [0.15, 0.2) is 9.41 Å². The van der Waals surface area contributed by atoms with E-state index in [2.05, 4.69) is 9.98 Å². The molecule has 3 nitrogen and oxygen atoms in total. The first kappa shape index (κ1) is 6.58. The molecule has 0 unspecified atom stereocenters. The second-order valence-electron chi connectivity index (χ2n) is 2.83. The number of aryl methyl sites for hydroxylation is 2. The van der Waals surface area contributed by atoms with Gasteiger partial charge >= 0.3 is 0 Å². The maximum absolute atomic E-state index is 5.28. The fourth-order valence-electron chi connectivity index (χ4n) is 1.24. The van der Waals surface area contributed by atoms with Gasteiger partial charge < -0.3 is 4.42 Å². The Morgan fingerprint density at radius 2 is 2.09 bits per heavy atom. The van der Waals surface area contributed by atoms with E-state index in [1.54, 1.807) is 0 Å². The van der Waals surface area contributed by atoms with Crippen molar-refractivity contribution < 1.29 is 4.42 Å². The molecule has 2 heterocycles. The number of hydrogen-bond acceptors (Lipinski definition) is 3. The SMILES string of the molecule is CC1=Nc2oc(C)nc2CC1. The molecule has 1 aromatic heterocycles. The van der Waals surface area contributed by atoms with E-state index >= 15 is 0 Å². The van der Waals surface area contributed by atoms with Crippen molar-refractivity contribution in [2.75, 3.05) is 0 Å². The van der Waals surface area contributed by atoms with Crippen molar-refractivity contribution in [1.29, 1.82) is 0 Å². The number of hydrogen-bond donors (Lipinski definition) is 0. The Kier molecular flexibility index (Phi) is 1.31. The maximum atomic E-state index is 5.28. The molecule has 1 aliphatic heterocycles. The van der Waals surface area contributed by atoms with Crippen LogP contribution >= 0.6 is 0 Å². The molecule has 1 aliphatic rings. The van der Waals surface area contributed by atoms with Gasteiger partial charge in [-0.2, -0.15) is 0 Å². The molecule has 0 fully saturated rings. The lowest BCUT2D eigenvalue weighted by molar-refractivity contribution is 0.529. The highest BCUT2D eigenvalue weighted by molar-refractivity contribution is 5.85. The minimum absolute atomic E-state index is 0.714. The smallest absolute Gasteiger partial charge is 0.242 e. The summed E-state index contributed by atoms with van der Waals surface area (Å²) < 4.78 is 5.28. The molecule has 0 saturated heterocycles. The fraction of sp³-hybridized carbons (Fsp3) is 0.500. The lowest BCUT2D eigenvalue weighted by Crippen LogP contribution is -2.00. The van der Waals surface area contributed by atoms with Gasteiger partial charge in [0.05, 0.1) is 0 Å². The summed E-state index contributed by atoms with van der Waals surface area (Å²) in [7, 11) is 0. The summed E-state index contributed by atoms with van der Waals surface area (Å²) in [6.45, 7) is 3.87. The van der Waals surface area contributed by atoms with Crippen LogP contribution < -0.4 is 0 Å². The topological polar surface area (TPSA) is 38.4 Å². The van der Waals surface area contributed by atoms with E-state index in [0.29, 0.717) is 11.8 Å². The van der Waals surface area contributed by atoms with E-state index in [0.717, 1.165) is 24.2 Å². The monoisotopic (exact) mass is 150 g/mol. The third kappa shape index (κ3) is 1.06. The van der Waals surface area contributed by atoms with Crippen LogP contribution in [0.2, 0.25) is 0 Å². The minimum atomic E-state index is 0.714. The molecule has 1 aromatic rings. The van der Waals surface area contributed by atoms with Crippen LogP contribution in [-0.2, 0) is 6.42 Å². The molecule has 3 heteroatoms. The minimum Gasteiger partial charge on any atom is -0.423 e. The van der Waals surface area contributed by atoms with E-state index in [9.17, 15) is 0 Å². The quantitative estimate of drug-likeness (QED) is 0.567. The first-order chi connectivity index (χ1) is 5.25. The molecule has 0 spiro atoms. The Hall–Kier alpha value is -1.12. The maximum Gasteiger partial charge on any atom is 0.242 e. The molecule has 0 aromatic carbocycles. The number of aliphatic imine (C=N–C) groups is 1. The van der Waals surface area contributed by atoms with E-state index in [1.165, 1.54) is 0 Å². The third-order valence-electron chi connectivity index (χ3n) is 1.80. The molecule has 0 amide bonds. The molecule has 0 radical (unpaired) electrons. The van der Waals surface area contributed by atoms with Crippen molar-refractivity contribution in [3.8, 4) is 0 Å². The molecule has 0 atom stereocenters. The van der Waals surface area contributed by atoms with Crippen LogP contribution in [-0.4, -0.2) is 10.7 Å². The predicted octanol–water partition coefficient (Wildman–Crippen LogP) is 2.02. The van der Waals surface area contributed by atoms with Crippen LogP contribution in [0.1, 0.15) is 24.9 Å². The van der Waals surface area contributed by atoms with Crippen molar-refractivity contribution in [2.24, 2.45) is 4.99 Å². The first-order valence-corrected chi connectivity index (χ1v) is 3.76. The van der Waals surface area contributed by atoms with Gasteiger partial charge in [-0.25, -0.2) is 9.98 Å². The lowest BCUT2D eigenvalue weighted by Gasteiger charge is -2.03. The molecule has 0 N–H and O–H groups in total. The second-order valence-corrected chi connectivity index (χ2v) is 2.83. The molecule has 0 aliphatic carbocycles. The summed E-state index contributed by atoms with van der Waals surface area (Å²) in [5.74, 6) is 1.43. The number of fused-ring (bicyclic) bond motifs is 1. The Balaban J connectivity index is 2.50. The average Bonchev–Trinajstić information content (AvgIpc) is 2.27. The Labute approximate surface area is 65.2 Å². The number of oxazole rings is 1. The van der Waals surface area contributed by atoms with Gasteiger partial charge in [0.1, 0.15) is 5.69 Å². The number of aromatic nitrogens is 1. The zero-order chi connectivity index (χ0) is 7.84. The molecule has 0 bridgehead atoms. The van der Waals surface area contributed by atoms with Crippen molar-refractivity contribution >= 4 is 11.6 Å². The van der Waals surface area contributed by atoms with Gasteiger partial charge in [-0.3, -0.25) is 0 Å². The van der Waals surface area contributed by atoms with Gasteiger partial charge in [-0.15, -0.1) is 0 Å². The summed E-state index contributed by atoms with van der Waals surface area (Å²) in [5, 5.41) is 0. The third-order valence-corrected chi connectivity index (χ3v) is 1.80. The summed E-state index contributed by atoms with van der Waals surface area (Å²) >= 11 is 0. The van der Waals surface area contributed by atoms with Crippen molar-refractivity contribution in [3.63, 3.8) is 0 Å². The zero-order valence-corrected chi connectivity index (χ0v) is 6.72. The van der Waals surface area contributed by atoms with E-state index in [1.807, 2.05) is 13.8 Å². The van der Waals surface area contributed by atoms with Crippen molar-refractivity contribution in [1.82, 2.24) is 4.98 Å². The lowest BCUT2D eigenvalue weighted by atomic mass is 10.1. The highest BCUT2D eigenvalue weighted by atomic mass is 16.4. The van der Waals surface area contributed by atoms with Gasteiger partial charge in [0, 0.05) is 19.1 Å². The van der Waals surface area contributed by atoms with Gasteiger partial charge in [0.15, 0.2) is 5.89 Å². The molecular weight excluding hydrogens is 140 g/mol. The van der Waals surface area contributed by atoms with Gasteiger partial charge in [-0.1, -0.05) is 0 Å². The van der Waals surface area contributed by atoms with Crippen LogP contribution in [0.3, 0.4) is 0 Å². The molecule has 0 saturated carbocycles. The number of rotatable bonds is 0. The second kappa shape index (κ2) is 2.19. The first-order valence-electron chi connectivity index (χ1n) is 3.76. The van der Waals surface area contributed by atoms with E-state index < -0.39 is 0 Å². The molecule has 58 valence electrons. The summed E-state index contributed by atoms with van der Waals surface area (Å²) in [4.78, 5) is 8.47. The van der Waals surface area contributed by atoms with Gasteiger partial charge in [0.25, 0.3) is 0 Å². The standard InChI is InChI=1S/C8H10N2O/c1-5-3-4-7-8(9-5)11-6(2)10-7/h3-4H2,1-2H3. The molecule has 11 heavy (non-hydrogen) atoms. The van der Waals surface area contributed by atoms with Crippen LogP contribution in [0, 0.1) is 6.92 Å². The highest BCUT2D eigenvalue weighted by Crippen LogP contribution is 2.25. The summed E-state index contributed by atoms with van der Waals surface area (Å²) in [6, 6.07) is 0. The van der Waals surface area contributed by atoms with Crippen LogP contribution in [0.4, 0.5) is 5.88 Å². The van der Waals surface area contributed by atoms with Gasteiger partial charge in [-0.05, 0) is 13.3 Å².